The topological polar surface area (TPSA) is 41.3 Å². The van der Waals surface area contributed by atoms with Crippen LogP contribution in [0.1, 0.15) is 43.7 Å². The Morgan fingerprint density at radius 3 is 2.86 bits per heavy atom. The summed E-state index contributed by atoms with van der Waals surface area (Å²) in [6, 6.07) is 8.95. The Hall–Kier alpha value is -1.65. The lowest BCUT2D eigenvalue weighted by Gasteiger charge is -2.31. The predicted octanol–water partition coefficient (Wildman–Crippen LogP) is 3.48. The van der Waals surface area contributed by atoms with Crippen LogP contribution in [0.25, 0.3) is 11.3 Å². The molecule has 0 bridgehead atoms. The molecule has 0 spiro atoms. The number of benzene rings is 1. The molecule has 0 radical (unpaired) electrons. The van der Waals surface area contributed by atoms with Crippen molar-refractivity contribution in [1.29, 1.82) is 0 Å². The Kier molecular flexibility index (Phi) is 3.28. The molecule has 1 N–H and O–H groups in total. The monoisotopic (exact) mass is 283 g/mol. The van der Waals surface area contributed by atoms with Crippen LogP contribution in [0.2, 0.25) is 0 Å². The summed E-state index contributed by atoms with van der Waals surface area (Å²) < 4.78 is 2.19. The van der Waals surface area contributed by atoms with E-state index in [1.54, 1.807) is 5.06 Å². The maximum Gasteiger partial charge on any atom is 0.0957 e. The zero-order chi connectivity index (χ0) is 14.2. The van der Waals surface area contributed by atoms with Crippen molar-refractivity contribution < 1.29 is 5.21 Å². The van der Waals surface area contributed by atoms with Crippen LogP contribution in [0.5, 0.6) is 0 Å². The molecule has 1 aliphatic carbocycles. The van der Waals surface area contributed by atoms with E-state index in [0.29, 0.717) is 12.6 Å². The van der Waals surface area contributed by atoms with Crippen molar-refractivity contribution in [2.75, 3.05) is 6.54 Å². The van der Waals surface area contributed by atoms with Gasteiger partial charge in [0.25, 0.3) is 0 Å². The molecule has 4 rings (SSSR count). The summed E-state index contributed by atoms with van der Waals surface area (Å²) in [5.41, 5.74) is 3.70. The lowest BCUT2D eigenvalue weighted by atomic mass is 9.94. The lowest BCUT2D eigenvalue weighted by molar-refractivity contribution is -0.139. The van der Waals surface area contributed by atoms with Crippen LogP contribution in [-0.4, -0.2) is 32.4 Å². The van der Waals surface area contributed by atoms with E-state index in [0.717, 1.165) is 18.5 Å². The van der Waals surface area contributed by atoms with Gasteiger partial charge < -0.3 is 9.77 Å². The molecule has 1 aromatic heterocycles. The number of nitrogens with zero attached hydrogens (tertiary/aromatic N) is 3. The molecule has 2 heterocycles. The molecule has 21 heavy (non-hydrogen) atoms. The van der Waals surface area contributed by atoms with Crippen LogP contribution in [-0.2, 0) is 0 Å². The SMILES string of the molecule is ON(C[C@@H]1c2ccccc2-c2cncn21)C1CCCCC1. The van der Waals surface area contributed by atoms with Gasteiger partial charge in [0.15, 0.2) is 0 Å². The van der Waals surface area contributed by atoms with Gasteiger partial charge in [-0.15, -0.1) is 0 Å². The normalized spacial score (nSPS) is 21.5. The first-order valence-corrected chi connectivity index (χ1v) is 7.91. The minimum absolute atomic E-state index is 0.172. The van der Waals surface area contributed by atoms with Crippen molar-refractivity contribution in [3.63, 3.8) is 0 Å². The van der Waals surface area contributed by atoms with Crippen LogP contribution in [0.15, 0.2) is 36.8 Å². The van der Waals surface area contributed by atoms with Crippen LogP contribution in [0.3, 0.4) is 0 Å². The zero-order valence-electron chi connectivity index (χ0n) is 12.2. The zero-order valence-corrected chi connectivity index (χ0v) is 12.2. The second-order valence-electron chi connectivity index (χ2n) is 6.20. The van der Waals surface area contributed by atoms with Gasteiger partial charge in [-0.3, -0.25) is 0 Å². The highest BCUT2D eigenvalue weighted by Gasteiger charge is 2.31. The van der Waals surface area contributed by atoms with Gasteiger partial charge in [0.1, 0.15) is 0 Å². The van der Waals surface area contributed by atoms with Gasteiger partial charge in [-0.2, -0.15) is 5.06 Å². The van der Waals surface area contributed by atoms with Gasteiger partial charge >= 0.3 is 0 Å². The second-order valence-corrected chi connectivity index (χ2v) is 6.20. The fourth-order valence-corrected chi connectivity index (χ4v) is 3.82. The predicted molar refractivity (Wildman–Crippen MR) is 81.2 cm³/mol. The highest BCUT2D eigenvalue weighted by atomic mass is 16.5. The number of aromatic nitrogens is 2. The Labute approximate surface area is 125 Å². The van der Waals surface area contributed by atoms with Gasteiger partial charge in [0.2, 0.25) is 0 Å². The van der Waals surface area contributed by atoms with Crippen molar-refractivity contribution in [3.8, 4) is 11.3 Å². The summed E-state index contributed by atoms with van der Waals surface area (Å²) in [5.74, 6) is 0. The molecule has 0 saturated heterocycles. The Morgan fingerprint density at radius 2 is 2.00 bits per heavy atom. The summed E-state index contributed by atoms with van der Waals surface area (Å²) in [5, 5.41) is 12.1. The summed E-state index contributed by atoms with van der Waals surface area (Å²) in [4.78, 5) is 4.28. The second kappa shape index (κ2) is 5.28. The van der Waals surface area contributed by atoms with Crippen molar-refractivity contribution in [2.45, 2.75) is 44.2 Å². The molecule has 0 unspecified atom stereocenters. The molecule has 1 atom stereocenters. The highest BCUT2D eigenvalue weighted by Crippen LogP contribution is 2.39. The largest absolute Gasteiger partial charge is 0.322 e. The van der Waals surface area contributed by atoms with Gasteiger partial charge in [-0.25, -0.2) is 4.98 Å². The van der Waals surface area contributed by atoms with E-state index in [9.17, 15) is 5.21 Å². The molecule has 0 amide bonds. The Balaban J connectivity index is 1.60. The maximum atomic E-state index is 10.5. The summed E-state index contributed by atoms with van der Waals surface area (Å²) in [6.07, 6.45) is 9.81. The Bertz CT molecular complexity index is 630. The molecule has 1 aromatic carbocycles. The summed E-state index contributed by atoms with van der Waals surface area (Å²) in [6.45, 7) is 0.644. The first-order chi connectivity index (χ1) is 10.3. The molecule has 1 aliphatic heterocycles. The van der Waals surface area contributed by atoms with Crippen LogP contribution < -0.4 is 0 Å². The van der Waals surface area contributed by atoms with E-state index in [2.05, 4.69) is 33.8 Å². The van der Waals surface area contributed by atoms with Gasteiger partial charge in [-0.1, -0.05) is 43.5 Å². The first-order valence-electron chi connectivity index (χ1n) is 7.91. The number of fused-ring (bicyclic) bond motifs is 3. The van der Waals surface area contributed by atoms with E-state index in [1.165, 1.54) is 30.4 Å². The van der Waals surface area contributed by atoms with Gasteiger partial charge in [-0.05, 0) is 18.4 Å². The Morgan fingerprint density at radius 1 is 1.19 bits per heavy atom. The molecule has 4 nitrogen and oxygen atoms in total. The van der Waals surface area contributed by atoms with E-state index in [1.807, 2.05) is 12.5 Å². The number of hydroxylamine groups is 2. The average Bonchev–Trinajstić information content (AvgIpc) is 3.11. The number of hydrogen-bond donors (Lipinski definition) is 1. The number of imidazole rings is 1. The van der Waals surface area contributed by atoms with Crippen LogP contribution in [0.4, 0.5) is 0 Å². The third-order valence-electron chi connectivity index (χ3n) is 4.95. The van der Waals surface area contributed by atoms with Crippen molar-refractivity contribution in [3.05, 3.63) is 42.4 Å². The molecule has 1 fully saturated rings. The average molecular weight is 283 g/mol. The maximum absolute atomic E-state index is 10.5. The smallest absolute Gasteiger partial charge is 0.0957 e. The first kappa shape index (κ1) is 13.0. The van der Waals surface area contributed by atoms with E-state index < -0.39 is 0 Å². The van der Waals surface area contributed by atoms with E-state index >= 15 is 0 Å². The minimum Gasteiger partial charge on any atom is -0.322 e. The summed E-state index contributed by atoms with van der Waals surface area (Å²) in [7, 11) is 0. The van der Waals surface area contributed by atoms with Crippen molar-refractivity contribution >= 4 is 0 Å². The highest BCUT2D eigenvalue weighted by molar-refractivity contribution is 5.68. The fraction of sp³-hybridized carbons (Fsp3) is 0.471. The van der Waals surface area contributed by atoms with E-state index in [4.69, 9.17) is 0 Å². The third kappa shape index (κ3) is 2.19. The fourth-order valence-electron chi connectivity index (χ4n) is 3.82. The lowest BCUT2D eigenvalue weighted by Crippen LogP contribution is -2.37. The quantitative estimate of drug-likeness (QED) is 0.877. The summed E-state index contributed by atoms with van der Waals surface area (Å²) >= 11 is 0. The van der Waals surface area contributed by atoms with Crippen molar-refractivity contribution in [2.24, 2.45) is 0 Å². The molecule has 4 heteroatoms. The minimum atomic E-state index is 0.172. The molecular formula is C17H21N3O. The van der Waals surface area contributed by atoms with E-state index in [-0.39, 0.29) is 6.04 Å². The third-order valence-corrected chi connectivity index (χ3v) is 4.95. The molecule has 2 aromatic rings. The van der Waals surface area contributed by atoms with Gasteiger partial charge in [0, 0.05) is 18.2 Å². The molecule has 110 valence electrons. The van der Waals surface area contributed by atoms with Crippen molar-refractivity contribution in [1.82, 2.24) is 14.6 Å². The van der Waals surface area contributed by atoms with Crippen LogP contribution >= 0.6 is 0 Å². The van der Waals surface area contributed by atoms with Gasteiger partial charge in [0.05, 0.1) is 24.3 Å². The molecule has 2 aliphatic rings. The molecular weight excluding hydrogens is 262 g/mol. The number of rotatable bonds is 3. The standard InChI is InChI=1S/C17H21N3O/c21-20(13-6-2-1-3-7-13)11-17-15-9-5-4-8-14(15)16-10-18-12-19(16)17/h4-5,8-10,12-13,17,21H,1-3,6-7,11H2/t17-/m1/s1. The molecule has 1 saturated carbocycles. The number of hydrogen-bond acceptors (Lipinski definition) is 3. The van der Waals surface area contributed by atoms with Crippen LogP contribution in [0, 0.1) is 0 Å².